The molecule has 7 nitrogen and oxygen atoms in total. The molecule has 8 heteroatoms. The van der Waals surface area contributed by atoms with E-state index in [2.05, 4.69) is 15.2 Å². The minimum Gasteiger partial charge on any atom is -0.374 e. The smallest absolute Gasteiger partial charge is 0.276 e. The third-order valence-corrected chi connectivity index (χ3v) is 3.04. The molecule has 0 aromatic carbocycles. The zero-order valence-electron chi connectivity index (χ0n) is 10.5. The highest BCUT2D eigenvalue weighted by Gasteiger charge is 2.18. The van der Waals surface area contributed by atoms with E-state index in [1.807, 2.05) is 7.05 Å². The second-order valence-corrected chi connectivity index (χ2v) is 4.81. The van der Waals surface area contributed by atoms with E-state index in [4.69, 9.17) is 16.3 Å². The number of nitrogens with zero attached hydrogens (tertiary/aromatic N) is 3. The number of nitro groups is 1. The summed E-state index contributed by atoms with van der Waals surface area (Å²) in [6.45, 7) is 2.95. The molecule has 0 bridgehead atoms. The van der Waals surface area contributed by atoms with Crippen molar-refractivity contribution in [2.45, 2.75) is 6.10 Å². The Hall–Kier alpha value is -1.44. The molecule has 1 aromatic heterocycles. The molecule has 104 valence electrons. The summed E-state index contributed by atoms with van der Waals surface area (Å²) in [5.41, 5.74) is -0.0795. The van der Waals surface area contributed by atoms with Crippen molar-refractivity contribution < 1.29 is 9.66 Å². The molecule has 1 unspecified atom stereocenters. The van der Waals surface area contributed by atoms with E-state index in [0.717, 1.165) is 13.1 Å². The van der Waals surface area contributed by atoms with Crippen molar-refractivity contribution in [3.05, 3.63) is 27.4 Å². The highest BCUT2D eigenvalue weighted by atomic mass is 35.5. The van der Waals surface area contributed by atoms with Gasteiger partial charge in [-0.05, 0) is 7.05 Å². The number of pyridine rings is 1. The van der Waals surface area contributed by atoms with Crippen LogP contribution in [0.2, 0.25) is 5.15 Å². The number of halogens is 1. The molecule has 1 fully saturated rings. The summed E-state index contributed by atoms with van der Waals surface area (Å²) >= 11 is 5.74. The first-order valence-corrected chi connectivity index (χ1v) is 6.28. The minimum absolute atomic E-state index is 0.0404. The molecule has 1 N–H and O–H groups in total. The van der Waals surface area contributed by atoms with Gasteiger partial charge < -0.3 is 15.0 Å². The summed E-state index contributed by atoms with van der Waals surface area (Å²) in [6.07, 6.45) is 0.0404. The van der Waals surface area contributed by atoms with Crippen LogP contribution in [0.4, 0.5) is 11.5 Å². The lowest BCUT2D eigenvalue weighted by molar-refractivity contribution is -0.384. The van der Waals surface area contributed by atoms with Gasteiger partial charge in [-0.1, -0.05) is 11.6 Å². The molecule has 1 aromatic rings. The Kier molecular flexibility index (Phi) is 4.52. The predicted molar refractivity (Wildman–Crippen MR) is 71.6 cm³/mol. The SMILES string of the molecule is CN1CCOC(CNc2cc([N+](=O)[O-])cc(Cl)n2)C1. The van der Waals surface area contributed by atoms with Crippen LogP contribution >= 0.6 is 11.6 Å². The van der Waals surface area contributed by atoms with Crippen LogP contribution in [0.25, 0.3) is 0 Å². The average Bonchev–Trinajstić information content (AvgIpc) is 2.36. The number of likely N-dealkylation sites (N-methyl/N-ethyl adjacent to an activating group) is 1. The summed E-state index contributed by atoms with van der Waals surface area (Å²) in [5.74, 6) is 0.385. The summed E-state index contributed by atoms with van der Waals surface area (Å²) in [4.78, 5) is 16.4. The van der Waals surface area contributed by atoms with E-state index < -0.39 is 4.92 Å². The van der Waals surface area contributed by atoms with E-state index in [1.54, 1.807) is 0 Å². The zero-order chi connectivity index (χ0) is 13.8. The fraction of sp³-hybridized carbons (Fsp3) is 0.545. The Bertz CT molecular complexity index is 471. The largest absolute Gasteiger partial charge is 0.374 e. The van der Waals surface area contributed by atoms with Crippen molar-refractivity contribution in [2.24, 2.45) is 0 Å². The highest BCUT2D eigenvalue weighted by Crippen LogP contribution is 2.20. The van der Waals surface area contributed by atoms with Gasteiger partial charge in [-0.15, -0.1) is 0 Å². The van der Waals surface area contributed by atoms with Crippen molar-refractivity contribution in [3.8, 4) is 0 Å². The predicted octanol–water partition coefficient (Wildman–Crippen LogP) is 1.39. The van der Waals surface area contributed by atoms with Gasteiger partial charge in [-0.25, -0.2) is 4.98 Å². The molecule has 0 amide bonds. The molecule has 1 saturated heterocycles. The van der Waals surface area contributed by atoms with Gasteiger partial charge in [0.1, 0.15) is 11.0 Å². The monoisotopic (exact) mass is 286 g/mol. The van der Waals surface area contributed by atoms with Crippen LogP contribution in [-0.4, -0.2) is 54.2 Å². The zero-order valence-corrected chi connectivity index (χ0v) is 11.3. The van der Waals surface area contributed by atoms with Crippen LogP contribution in [0, 0.1) is 10.1 Å². The van der Waals surface area contributed by atoms with Crippen LogP contribution in [0.3, 0.4) is 0 Å². The number of hydrogen-bond donors (Lipinski definition) is 1. The maximum absolute atomic E-state index is 10.7. The third-order valence-electron chi connectivity index (χ3n) is 2.84. The van der Waals surface area contributed by atoms with E-state index in [-0.39, 0.29) is 16.9 Å². The molecule has 0 spiro atoms. The molecule has 1 aliphatic heterocycles. The average molecular weight is 287 g/mol. The van der Waals surface area contributed by atoms with Gasteiger partial charge in [0.2, 0.25) is 0 Å². The summed E-state index contributed by atoms with van der Waals surface area (Å²) < 4.78 is 5.58. The number of anilines is 1. The van der Waals surface area contributed by atoms with Crippen LogP contribution in [0.1, 0.15) is 0 Å². The first-order valence-electron chi connectivity index (χ1n) is 5.90. The van der Waals surface area contributed by atoms with Gasteiger partial charge in [0, 0.05) is 19.6 Å². The summed E-state index contributed by atoms with van der Waals surface area (Å²) in [7, 11) is 2.03. The van der Waals surface area contributed by atoms with Crippen molar-refractivity contribution in [1.29, 1.82) is 0 Å². The molecule has 19 heavy (non-hydrogen) atoms. The van der Waals surface area contributed by atoms with Gasteiger partial charge in [0.05, 0.1) is 29.8 Å². The number of ether oxygens (including phenoxy) is 1. The number of morpholine rings is 1. The van der Waals surface area contributed by atoms with Crippen molar-refractivity contribution >= 4 is 23.1 Å². The van der Waals surface area contributed by atoms with E-state index in [1.165, 1.54) is 12.1 Å². The van der Waals surface area contributed by atoms with E-state index >= 15 is 0 Å². The Labute approximate surface area is 115 Å². The molecular formula is C11H15ClN4O3. The Morgan fingerprint density at radius 3 is 3.16 bits per heavy atom. The van der Waals surface area contributed by atoms with Crippen molar-refractivity contribution in [1.82, 2.24) is 9.88 Å². The van der Waals surface area contributed by atoms with Gasteiger partial charge in [-0.3, -0.25) is 10.1 Å². The maximum Gasteiger partial charge on any atom is 0.276 e. The fourth-order valence-electron chi connectivity index (χ4n) is 1.89. The fourth-order valence-corrected chi connectivity index (χ4v) is 2.09. The highest BCUT2D eigenvalue weighted by molar-refractivity contribution is 6.29. The van der Waals surface area contributed by atoms with Gasteiger partial charge >= 0.3 is 0 Å². The lowest BCUT2D eigenvalue weighted by atomic mass is 10.3. The second-order valence-electron chi connectivity index (χ2n) is 4.43. The number of nitrogens with one attached hydrogen (secondary N) is 1. The normalized spacial score (nSPS) is 20.2. The molecule has 1 atom stereocenters. The Morgan fingerprint density at radius 2 is 2.47 bits per heavy atom. The quantitative estimate of drug-likeness (QED) is 0.512. The van der Waals surface area contributed by atoms with Crippen LogP contribution in [-0.2, 0) is 4.74 Å². The number of rotatable bonds is 4. The molecule has 2 heterocycles. The van der Waals surface area contributed by atoms with Crippen molar-refractivity contribution in [2.75, 3.05) is 38.6 Å². The molecule has 0 aliphatic carbocycles. The van der Waals surface area contributed by atoms with E-state index in [9.17, 15) is 10.1 Å². The standard InChI is InChI=1S/C11H15ClN4O3/c1-15-2-3-19-9(7-15)6-13-11-5-8(16(17)18)4-10(12)14-11/h4-5,9H,2-3,6-7H2,1H3,(H,13,14). The van der Waals surface area contributed by atoms with Gasteiger partial charge in [0.25, 0.3) is 5.69 Å². The molecule has 0 radical (unpaired) electrons. The molecule has 2 rings (SSSR count). The molecule has 0 saturated carbocycles. The van der Waals surface area contributed by atoms with Crippen LogP contribution in [0.5, 0.6) is 0 Å². The number of aromatic nitrogens is 1. The molecule has 1 aliphatic rings. The van der Waals surface area contributed by atoms with Crippen LogP contribution in [0.15, 0.2) is 12.1 Å². The van der Waals surface area contributed by atoms with Gasteiger partial charge in [0.15, 0.2) is 0 Å². The summed E-state index contributed by atoms with van der Waals surface area (Å²) in [5, 5.41) is 13.8. The first-order chi connectivity index (χ1) is 9.04. The first kappa shape index (κ1) is 14.0. The van der Waals surface area contributed by atoms with Crippen molar-refractivity contribution in [3.63, 3.8) is 0 Å². The minimum atomic E-state index is -0.496. The van der Waals surface area contributed by atoms with Gasteiger partial charge in [-0.2, -0.15) is 0 Å². The Balaban J connectivity index is 1.97. The topological polar surface area (TPSA) is 80.5 Å². The number of hydrogen-bond acceptors (Lipinski definition) is 6. The Morgan fingerprint density at radius 1 is 1.68 bits per heavy atom. The third kappa shape index (κ3) is 4.02. The van der Waals surface area contributed by atoms with E-state index in [0.29, 0.717) is 19.0 Å². The van der Waals surface area contributed by atoms with Crippen LogP contribution < -0.4 is 5.32 Å². The summed E-state index contributed by atoms with van der Waals surface area (Å²) in [6, 6.07) is 2.58. The maximum atomic E-state index is 10.7. The second kappa shape index (κ2) is 6.14. The lowest BCUT2D eigenvalue weighted by Gasteiger charge is -2.30. The lowest BCUT2D eigenvalue weighted by Crippen LogP contribution is -2.43. The molecular weight excluding hydrogens is 272 g/mol.